The van der Waals surface area contributed by atoms with Crippen molar-refractivity contribution in [1.82, 2.24) is 4.90 Å². The summed E-state index contributed by atoms with van der Waals surface area (Å²) in [5, 5.41) is 8.47. The van der Waals surface area contributed by atoms with Gasteiger partial charge < -0.3 is 10.6 Å². The van der Waals surface area contributed by atoms with E-state index in [1.54, 1.807) is 0 Å². The van der Waals surface area contributed by atoms with Gasteiger partial charge in [-0.25, -0.2) is 0 Å². The van der Waals surface area contributed by atoms with Gasteiger partial charge in [-0.05, 0) is 25.4 Å². The summed E-state index contributed by atoms with van der Waals surface area (Å²) in [7, 11) is 0. The predicted molar refractivity (Wildman–Crippen MR) is 55.2 cm³/mol. The number of nitrogens with zero attached hydrogens (tertiary/aromatic N) is 2. The van der Waals surface area contributed by atoms with E-state index in [1.165, 1.54) is 0 Å². The van der Waals surface area contributed by atoms with Crippen LogP contribution in [0, 0.1) is 17.2 Å². The Kier molecular flexibility index (Phi) is 7.66. The molecule has 0 saturated heterocycles. The molecule has 0 amide bonds. The minimum Gasteiger partial charge on any atom is -0.330 e. The van der Waals surface area contributed by atoms with Crippen LogP contribution in [0.25, 0.3) is 0 Å². The van der Waals surface area contributed by atoms with Crippen molar-refractivity contribution in [2.75, 3.05) is 26.2 Å². The van der Waals surface area contributed by atoms with Gasteiger partial charge in [0, 0.05) is 19.5 Å². The first-order valence-electron chi connectivity index (χ1n) is 5.00. The van der Waals surface area contributed by atoms with Gasteiger partial charge in [-0.3, -0.25) is 0 Å². The van der Waals surface area contributed by atoms with E-state index >= 15 is 0 Å². The SMILES string of the molecule is CC(C)CN(CCC#N)CCCN. The van der Waals surface area contributed by atoms with Gasteiger partial charge in [0.05, 0.1) is 6.07 Å². The highest BCUT2D eigenvalue weighted by molar-refractivity contribution is 4.72. The van der Waals surface area contributed by atoms with Gasteiger partial charge in [0.25, 0.3) is 0 Å². The fourth-order valence-corrected chi connectivity index (χ4v) is 1.33. The highest BCUT2D eigenvalue weighted by Gasteiger charge is 2.05. The predicted octanol–water partition coefficient (Wildman–Crippen LogP) is 1.21. The Bertz CT molecular complexity index is 149. The average molecular weight is 183 g/mol. The van der Waals surface area contributed by atoms with E-state index < -0.39 is 0 Å². The number of hydrogen-bond donors (Lipinski definition) is 1. The monoisotopic (exact) mass is 183 g/mol. The molecule has 0 spiro atoms. The molecule has 0 rings (SSSR count). The summed E-state index contributed by atoms with van der Waals surface area (Å²) in [6.45, 7) is 8.11. The first kappa shape index (κ1) is 12.4. The third kappa shape index (κ3) is 7.76. The maximum atomic E-state index is 8.47. The van der Waals surface area contributed by atoms with E-state index in [-0.39, 0.29) is 0 Å². The van der Waals surface area contributed by atoms with E-state index in [9.17, 15) is 0 Å². The molecule has 3 nitrogen and oxygen atoms in total. The van der Waals surface area contributed by atoms with Gasteiger partial charge in [0.2, 0.25) is 0 Å². The first-order chi connectivity index (χ1) is 6.20. The third-order valence-electron chi connectivity index (χ3n) is 1.84. The zero-order valence-electron chi connectivity index (χ0n) is 8.79. The van der Waals surface area contributed by atoms with Crippen LogP contribution in [0.2, 0.25) is 0 Å². The zero-order chi connectivity index (χ0) is 10.1. The normalized spacial score (nSPS) is 10.8. The minimum atomic E-state index is 0.622. The number of hydrogen-bond acceptors (Lipinski definition) is 3. The Balaban J connectivity index is 3.67. The average Bonchev–Trinajstić information content (AvgIpc) is 2.09. The number of nitriles is 1. The molecule has 0 atom stereocenters. The molecule has 0 aliphatic carbocycles. The molecular weight excluding hydrogens is 162 g/mol. The van der Waals surface area contributed by atoms with Crippen molar-refractivity contribution >= 4 is 0 Å². The van der Waals surface area contributed by atoms with Crippen LogP contribution in [-0.4, -0.2) is 31.1 Å². The van der Waals surface area contributed by atoms with Crippen molar-refractivity contribution in [3.63, 3.8) is 0 Å². The second kappa shape index (κ2) is 8.03. The molecular formula is C10H21N3. The summed E-state index contributed by atoms with van der Waals surface area (Å²) in [5.74, 6) is 0.663. The lowest BCUT2D eigenvalue weighted by Gasteiger charge is -2.22. The quantitative estimate of drug-likeness (QED) is 0.645. The molecule has 0 radical (unpaired) electrons. The fourth-order valence-electron chi connectivity index (χ4n) is 1.33. The van der Waals surface area contributed by atoms with Crippen LogP contribution in [0.5, 0.6) is 0 Å². The summed E-state index contributed by atoms with van der Waals surface area (Å²) < 4.78 is 0. The zero-order valence-corrected chi connectivity index (χ0v) is 8.79. The summed E-state index contributed by atoms with van der Waals surface area (Å²) in [4.78, 5) is 2.32. The molecule has 0 bridgehead atoms. The smallest absolute Gasteiger partial charge is 0.0635 e. The first-order valence-corrected chi connectivity index (χ1v) is 5.00. The largest absolute Gasteiger partial charge is 0.330 e. The molecule has 0 saturated carbocycles. The maximum Gasteiger partial charge on any atom is 0.0635 e. The van der Waals surface area contributed by atoms with Crippen LogP contribution in [0.4, 0.5) is 0 Å². The molecule has 0 aliphatic heterocycles. The summed E-state index contributed by atoms with van der Waals surface area (Å²) in [5.41, 5.74) is 5.44. The molecule has 0 fully saturated rings. The topological polar surface area (TPSA) is 53.0 Å². The Morgan fingerprint density at radius 1 is 1.38 bits per heavy atom. The molecule has 0 aromatic rings. The van der Waals surface area contributed by atoms with Gasteiger partial charge in [-0.15, -0.1) is 0 Å². The van der Waals surface area contributed by atoms with Crippen molar-refractivity contribution in [2.45, 2.75) is 26.7 Å². The van der Waals surface area contributed by atoms with E-state index in [4.69, 9.17) is 11.0 Å². The van der Waals surface area contributed by atoms with Crippen LogP contribution in [-0.2, 0) is 0 Å². The van der Waals surface area contributed by atoms with Crippen LogP contribution in [0.1, 0.15) is 26.7 Å². The minimum absolute atomic E-state index is 0.622. The third-order valence-corrected chi connectivity index (χ3v) is 1.84. The van der Waals surface area contributed by atoms with Gasteiger partial charge in [0.1, 0.15) is 0 Å². The van der Waals surface area contributed by atoms with Crippen LogP contribution in [0.15, 0.2) is 0 Å². The Morgan fingerprint density at radius 2 is 2.08 bits per heavy atom. The van der Waals surface area contributed by atoms with E-state index in [2.05, 4.69) is 24.8 Å². The molecule has 0 aliphatic rings. The molecule has 0 aromatic carbocycles. The molecule has 76 valence electrons. The van der Waals surface area contributed by atoms with Gasteiger partial charge in [0.15, 0.2) is 0 Å². The second-order valence-corrected chi connectivity index (χ2v) is 3.74. The lowest BCUT2D eigenvalue weighted by atomic mass is 10.2. The molecule has 0 heterocycles. The number of rotatable bonds is 7. The van der Waals surface area contributed by atoms with Crippen molar-refractivity contribution in [1.29, 1.82) is 5.26 Å². The molecule has 3 heteroatoms. The molecule has 13 heavy (non-hydrogen) atoms. The standard InChI is InChI=1S/C10H21N3/c1-10(2)9-13(7-3-5-11)8-4-6-12/h10H,3-5,7-9,11H2,1-2H3. The lowest BCUT2D eigenvalue weighted by molar-refractivity contribution is 0.248. The Hall–Kier alpha value is -0.590. The molecule has 0 unspecified atom stereocenters. The van der Waals surface area contributed by atoms with Crippen LogP contribution >= 0.6 is 0 Å². The van der Waals surface area contributed by atoms with Crippen molar-refractivity contribution in [3.8, 4) is 6.07 Å². The van der Waals surface area contributed by atoms with Crippen molar-refractivity contribution in [3.05, 3.63) is 0 Å². The maximum absolute atomic E-state index is 8.47. The molecule has 0 aromatic heterocycles. The highest BCUT2D eigenvalue weighted by Crippen LogP contribution is 2.00. The lowest BCUT2D eigenvalue weighted by Crippen LogP contribution is -2.30. The second-order valence-electron chi connectivity index (χ2n) is 3.74. The fraction of sp³-hybridized carbons (Fsp3) is 0.900. The highest BCUT2D eigenvalue weighted by atomic mass is 15.1. The van der Waals surface area contributed by atoms with Crippen LogP contribution in [0.3, 0.4) is 0 Å². The van der Waals surface area contributed by atoms with Gasteiger partial charge in [-0.2, -0.15) is 5.26 Å². The summed E-state index contributed by atoms with van der Waals surface area (Å²) >= 11 is 0. The van der Waals surface area contributed by atoms with E-state index in [0.717, 1.165) is 32.6 Å². The van der Waals surface area contributed by atoms with Crippen LogP contribution < -0.4 is 5.73 Å². The van der Waals surface area contributed by atoms with Crippen molar-refractivity contribution in [2.24, 2.45) is 11.7 Å². The van der Waals surface area contributed by atoms with Gasteiger partial charge in [-0.1, -0.05) is 13.8 Å². The number of nitrogens with two attached hydrogens (primary N) is 1. The van der Waals surface area contributed by atoms with E-state index in [0.29, 0.717) is 12.3 Å². The Labute approximate surface area is 81.5 Å². The van der Waals surface area contributed by atoms with Crippen molar-refractivity contribution < 1.29 is 0 Å². The summed E-state index contributed by atoms with van der Waals surface area (Å²) in [6, 6.07) is 2.17. The Morgan fingerprint density at radius 3 is 2.54 bits per heavy atom. The summed E-state index contributed by atoms with van der Waals surface area (Å²) in [6.07, 6.45) is 1.65. The van der Waals surface area contributed by atoms with Gasteiger partial charge >= 0.3 is 0 Å². The molecule has 2 N–H and O–H groups in total. The van der Waals surface area contributed by atoms with E-state index in [1.807, 2.05) is 0 Å².